The third-order valence-electron chi connectivity index (χ3n) is 4.58. The maximum absolute atomic E-state index is 12.7. The summed E-state index contributed by atoms with van der Waals surface area (Å²) >= 11 is 0. The van der Waals surface area contributed by atoms with Crippen LogP contribution in [-0.4, -0.2) is 42.2 Å². The van der Waals surface area contributed by atoms with Crippen LogP contribution < -0.4 is 0 Å². The Balaban J connectivity index is 1.71. The number of benzene rings is 2. The fourth-order valence-corrected chi connectivity index (χ4v) is 3.13. The summed E-state index contributed by atoms with van der Waals surface area (Å²) in [6.45, 7) is 2.82. The molecule has 1 aliphatic rings. The van der Waals surface area contributed by atoms with E-state index in [1.807, 2.05) is 12.1 Å². The molecular formula is C22H23NO3. The van der Waals surface area contributed by atoms with Gasteiger partial charge in [-0.2, -0.15) is 0 Å². The lowest BCUT2D eigenvalue weighted by Crippen LogP contribution is -2.38. The van der Waals surface area contributed by atoms with Crippen LogP contribution in [0.5, 0.6) is 0 Å². The average molecular weight is 349 g/mol. The molecule has 0 radical (unpaired) electrons. The molecule has 1 fully saturated rings. The number of carbonyl (C=O) groups is 1. The molecule has 1 aliphatic heterocycles. The van der Waals surface area contributed by atoms with E-state index < -0.39 is 11.6 Å². The van der Waals surface area contributed by atoms with Crippen LogP contribution in [0.1, 0.15) is 24.0 Å². The second kappa shape index (κ2) is 8.66. The zero-order chi connectivity index (χ0) is 18.2. The second-order valence-corrected chi connectivity index (χ2v) is 6.36. The van der Waals surface area contributed by atoms with Gasteiger partial charge in [-0.3, -0.25) is 4.90 Å². The quantitative estimate of drug-likeness (QED) is 0.666. The standard InChI is InChI=1S/C22H23NO3/c24-21(26-18-10-9-17-23-15-7-8-16-23)22(25,19-11-3-1-4-12-19)20-13-5-2-6-14-20/h1-6,11-14,25H,7-8,15-18H2. The van der Waals surface area contributed by atoms with Gasteiger partial charge in [0.25, 0.3) is 0 Å². The number of aliphatic hydroxyl groups is 1. The van der Waals surface area contributed by atoms with Crippen LogP contribution in [0.2, 0.25) is 0 Å². The molecule has 4 heteroatoms. The fourth-order valence-electron chi connectivity index (χ4n) is 3.13. The van der Waals surface area contributed by atoms with Gasteiger partial charge in [0, 0.05) is 0 Å². The summed E-state index contributed by atoms with van der Waals surface area (Å²) in [4.78, 5) is 15.0. The Labute approximate surface area is 154 Å². The van der Waals surface area contributed by atoms with Crippen molar-refractivity contribution in [2.45, 2.75) is 18.4 Å². The lowest BCUT2D eigenvalue weighted by Gasteiger charge is -2.26. The van der Waals surface area contributed by atoms with E-state index in [-0.39, 0.29) is 6.61 Å². The van der Waals surface area contributed by atoms with Gasteiger partial charge >= 0.3 is 5.97 Å². The minimum absolute atomic E-state index is 0.0331. The van der Waals surface area contributed by atoms with Crippen molar-refractivity contribution < 1.29 is 14.6 Å². The Kier molecular flexibility index (Phi) is 6.06. The number of nitrogens with zero attached hydrogens (tertiary/aromatic N) is 1. The van der Waals surface area contributed by atoms with E-state index in [9.17, 15) is 9.90 Å². The van der Waals surface area contributed by atoms with E-state index in [1.165, 1.54) is 12.8 Å². The molecule has 0 saturated carbocycles. The van der Waals surface area contributed by atoms with E-state index >= 15 is 0 Å². The molecule has 26 heavy (non-hydrogen) atoms. The van der Waals surface area contributed by atoms with Gasteiger partial charge in [-0.05, 0) is 37.1 Å². The van der Waals surface area contributed by atoms with Crippen molar-refractivity contribution in [1.29, 1.82) is 0 Å². The first-order valence-corrected chi connectivity index (χ1v) is 8.90. The lowest BCUT2D eigenvalue weighted by atomic mass is 9.86. The third kappa shape index (κ3) is 4.13. The van der Waals surface area contributed by atoms with Gasteiger partial charge in [0.2, 0.25) is 5.60 Å². The molecule has 1 heterocycles. The Morgan fingerprint density at radius 1 is 0.962 bits per heavy atom. The SMILES string of the molecule is O=C(OCC#CCN1CCCC1)C(O)(c1ccccc1)c1ccccc1. The fraction of sp³-hybridized carbons (Fsp3) is 0.318. The van der Waals surface area contributed by atoms with Gasteiger partial charge in [-0.15, -0.1) is 0 Å². The molecule has 0 amide bonds. The molecule has 4 nitrogen and oxygen atoms in total. The number of hydrogen-bond donors (Lipinski definition) is 1. The minimum atomic E-state index is -1.85. The van der Waals surface area contributed by atoms with Crippen molar-refractivity contribution in [3.63, 3.8) is 0 Å². The normalized spacial score (nSPS) is 14.5. The molecule has 2 aromatic carbocycles. The summed E-state index contributed by atoms with van der Waals surface area (Å²) < 4.78 is 5.30. The number of hydrogen-bond acceptors (Lipinski definition) is 4. The third-order valence-corrected chi connectivity index (χ3v) is 4.58. The van der Waals surface area contributed by atoms with E-state index in [4.69, 9.17) is 4.74 Å². The Bertz CT molecular complexity index is 732. The zero-order valence-electron chi connectivity index (χ0n) is 14.7. The number of ether oxygens (including phenoxy) is 1. The zero-order valence-corrected chi connectivity index (χ0v) is 14.7. The van der Waals surface area contributed by atoms with E-state index in [1.54, 1.807) is 48.5 Å². The molecule has 1 saturated heterocycles. The highest BCUT2D eigenvalue weighted by Gasteiger charge is 2.41. The second-order valence-electron chi connectivity index (χ2n) is 6.36. The largest absolute Gasteiger partial charge is 0.450 e. The van der Waals surface area contributed by atoms with Gasteiger partial charge in [0.1, 0.15) is 0 Å². The predicted octanol–water partition coefficient (Wildman–Crippen LogP) is 2.56. The Hall–Kier alpha value is -2.61. The Morgan fingerprint density at radius 2 is 1.50 bits per heavy atom. The van der Waals surface area contributed by atoms with Crippen molar-refractivity contribution in [2.75, 3.05) is 26.2 Å². The molecule has 0 unspecified atom stereocenters. The van der Waals surface area contributed by atoms with Crippen LogP contribution >= 0.6 is 0 Å². The molecule has 134 valence electrons. The van der Waals surface area contributed by atoms with Gasteiger partial charge < -0.3 is 9.84 Å². The van der Waals surface area contributed by atoms with Crippen molar-refractivity contribution >= 4 is 5.97 Å². The van der Waals surface area contributed by atoms with E-state index in [0.717, 1.165) is 13.1 Å². The van der Waals surface area contributed by atoms with Gasteiger partial charge in [0.15, 0.2) is 6.61 Å². The highest BCUT2D eigenvalue weighted by Crippen LogP contribution is 2.30. The minimum Gasteiger partial charge on any atom is -0.450 e. The van der Waals surface area contributed by atoms with Crippen LogP contribution in [0.25, 0.3) is 0 Å². The van der Waals surface area contributed by atoms with Crippen LogP contribution in [0.15, 0.2) is 60.7 Å². The summed E-state index contributed by atoms with van der Waals surface area (Å²) in [6.07, 6.45) is 2.44. The monoisotopic (exact) mass is 349 g/mol. The molecule has 0 atom stereocenters. The lowest BCUT2D eigenvalue weighted by molar-refractivity contribution is -0.160. The summed E-state index contributed by atoms with van der Waals surface area (Å²) in [5.41, 5.74) is -0.901. The van der Waals surface area contributed by atoms with E-state index in [0.29, 0.717) is 17.7 Å². The topological polar surface area (TPSA) is 49.8 Å². The van der Waals surface area contributed by atoms with Crippen molar-refractivity contribution in [3.8, 4) is 11.8 Å². The Morgan fingerprint density at radius 3 is 2.04 bits per heavy atom. The molecule has 2 aromatic rings. The number of likely N-dealkylation sites (tertiary alicyclic amines) is 1. The molecular weight excluding hydrogens is 326 g/mol. The smallest absolute Gasteiger partial charge is 0.348 e. The molecule has 3 rings (SSSR count). The highest BCUT2D eigenvalue weighted by molar-refractivity contribution is 5.85. The van der Waals surface area contributed by atoms with E-state index in [2.05, 4.69) is 16.7 Å². The molecule has 0 spiro atoms. The van der Waals surface area contributed by atoms with Gasteiger partial charge in [0.05, 0.1) is 6.54 Å². The van der Waals surface area contributed by atoms with Crippen molar-refractivity contribution in [1.82, 2.24) is 4.90 Å². The van der Waals surface area contributed by atoms with Gasteiger partial charge in [-0.1, -0.05) is 72.5 Å². The van der Waals surface area contributed by atoms with Crippen LogP contribution in [0.4, 0.5) is 0 Å². The number of carbonyl (C=O) groups excluding carboxylic acids is 1. The van der Waals surface area contributed by atoms with Crippen LogP contribution in [0, 0.1) is 11.8 Å². The van der Waals surface area contributed by atoms with Crippen molar-refractivity contribution in [3.05, 3.63) is 71.8 Å². The van der Waals surface area contributed by atoms with Gasteiger partial charge in [-0.25, -0.2) is 4.79 Å². The maximum Gasteiger partial charge on any atom is 0.348 e. The predicted molar refractivity (Wildman–Crippen MR) is 100 cm³/mol. The summed E-state index contributed by atoms with van der Waals surface area (Å²) in [5, 5.41) is 11.2. The first-order chi connectivity index (χ1) is 12.7. The molecule has 0 bridgehead atoms. The molecule has 0 aromatic heterocycles. The number of rotatable bonds is 5. The summed E-state index contributed by atoms with van der Waals surface area (Å²) in [5.74, 6) is 5.19. The first-order valence-electron chi connectivity index (χ1n) is 8.90. The summed E-state index contributed by atoms with van der Waals surface area (Å²) in [6, 6.07) is 17.7. The van der Waals surface area contributed by atoms with Crippen LogP contribution in [0.3, 0.4) is 0 Å². The number of esters is 1. The molecule has 0 aliphatic carbocycles. The molecule has 1 N–H and O–H groups in total. The first kappa shape index (κ1) is 18.2. The average Bonchev–Trinajstić information content (AvgIpc) is 3.22. The van der Waals surface area contributed by atoms with Crippen molar-refractivity contribution in [2.24, 2.45) is 0 Å². The maximum atomic E-state index is 12.7. The van der Waals surface area contributed by atoms with Crippen LogP contribution in [-0.2, 0) is 15.1 Å². The highest BCUT2D eigenvalue weighted by atomic mass is 16.5. The summed E-state index contributed by atoms with van der Waals surface area (Å²) in [7, 11) is 0.